The highest BCUT2D eigenvalue weighted by atomic mass is 32.2. The molecule has 1 fully saturated rings. The van der Waals surface area contributed by atoms with Crippen molar-refractivity contribution in [3.63, 3.8) is 0 Å². The fourth-order valence-corrected chi connectivity index (χ4v) is 4.05. The Morgan fingerprint density at radius 1 is 1.39 bits per heavy atom. The first kappa shape index (κ1) is 12.0. The average molecular weight is 259 g/mol. The third-order valence-electron chi connectivity index (χ3n) is 3.84. The molecule has 1 aromatic carbocycles. The van der Waals surface area contributed by atoms with Gasteiger partial charge >= 0.3 is 0 Å². The minimum Gasteiger partial charge on any atom is -0.387 e. The molecule has 1 aliphatic rings. The number of pyridine rings is 1. The van der Waals surface area contributed by atoms with Gasteiger partial charge in [-0.05, 0) is 42.5 Å². The molecule has 0 amide bonds. The average Bonchev–Trinajstić information content (AvgIpc) is 2.85. The van der Waals surface area contributed by atoms with E-state index in [1.807, 2.05) is 36.2 Å². The van der Waals surface area contributed by atoms with Crippen molar-refractivity contribution in [1.29, 1.82) is 0 Å². The van der Waals surface area contributed by atoms with E-state index in [-0.39, 0.29) is 4.75 Å². The Labute approximate surface area is 111 Å². The quantitative estimate of drug-likeness (QED) is 0.895. The van der Waals surface area contributed by atoms with Crippen LogP contribution in [0.4, 0.5) is 0 Å². The van der Waals surface area contributed by atoms with Crippen LogP contribution in [0, 0.1) is 0 Å². The molecule has 0 aliphatic carbocycles. The van der Waals surface area contributed by atoms with Crippen LogP contribution < -0.4 is 0 Å². The van der Waals surface area contributed by atoms with E-state index in [0.29, 0.717) is 0 Å². The molecule has 94 valence electrons. The lowest BCUT2D eigenvalue weighted by Gasteiger charge is -2.30. The maximum absolute atomic E-state index is 10.7. The Morgan fingerprint density at radius 3 is 3.06 bits per heavy atom. The van der Waals surface area contributed by atoms with Crippen LogP contribution in [0.2, 0.25) is 0 Å². The molecule has 2 heterocycles. The number of aliphatic hydroxyl groups excluding tert-OH is 1. The van der Waals surface area contributed by atoms with Gasteiger partial charge in [-0.2, -0.15) is 11.8 Å². The predicted octanol–water partition coefficient (Wildman–Crippen LogP) is 3.55. The largest absolute Gasteiger partial charge is 0.387 e. The van der Waals surface area contributed by atoms with Crippen molar-refractivity contribution in [3.05, 3.63) is 42.2 Å². The number of benzene rings is 1. The zero-order valence-corrected chi connectivity index (χ0v) is 11.3. The lowest BCUT2D eigenvalue weighted by atomic mass is 9.90. The van der Waals surface area contributed by atoms with Crippen LogP contribution >= 0.6 is 11.8 Å². The lowest BCUT2D eigenvalue weighted by Crippen LogP contribution is -2.26. The van der Waals surface area contributed by atoms with Gasteiger partial charge in [0.25, 0.3) is 0 Å². The normalized spacial score (nSPS) is 25.4. The predicted molar refractivity (Wildman–Crippen MR) is 76.8 cm³/mol. The summed E-state index contributed by atoms with van der Waals surface area (Å²) in [5.41, 5.74) is 1.01. The number of thioether (sulfide) groups is 1. The first-order valence-electron chi connectivity index (χ1n) is 6.35. The fourth-order valence-electron chi connectivity index (χ4n) is 2.72. The van der Waals surface area contributed by atoms with Crippen LogP contribution in [0.3, 0.4) is 0 Å². The Balaban J connectivity index is 2.08. The van der Waals surface area contributed by atoms with Crippen molar-refractivity contribution < 1.29 is 5.11 Å². The van der Waals surface area contributed by atoms with Gasteiger partial charge in [-0.25, -0.2) is 0 Å². The van der Waals surface area contributed by atoms with E-state index in [4.69, 9.17) is 0 Å². The van der Waals surface area contributed by atoms with E-state index >= 15 is 0 Å². The highest BCUT2D eigenvalue weighted by Crippen LogP contribution is 2.47. The maximum atomic E-state index is 10.7. The van der Waals surface area contributed by atoms with Crippen molar-refractivity contribution in [3.8, 4) is 0 Å². The van der Waals surface area contributed by atoms with Crippen molar-refractivity contribution in [2.24, 2.45) is 0 Å². The third kappa shape index (κ3) is 1.91. The van der Waals surface area contributed by atoms with Gasteiger partial charge in [-0.1, -0.05) is 18.2 Å². The number of hydrogen-bond acceptors (Lipinski definition) is 3. The standard InChI is InChI=1S/C15H17NOS/c1-15(7-3-9-18-15)14(17)12-5-2-4-11-6-8-16-10-13(11)12/h2,4-6,8,10,14,17H,3,7,9H2,1H3. The molecule has 3 heteroatoms. The molecule has 0 spiro atoms. The summed E-state index contributed by atoms with van der Waals surface area (Å²) in [5.74, 6) is 1.15. The summed E-state index contributed by atoms with van der Waals surface area (Å²) in [6.45, 7) is 2.17. The van der Waals surface area contributed by atoms with Crippen LogP contribution in [0.1, 0.15) is 31.4 Å². The van der Waals surface area contributed by atoms with Crippen molar-refractivity contribution in [2.45, 2.75) is 30.6 Å². The minimum absolute atomic E-state index is 0.0515. The van der Waals surface area contributed by atoms with Crippen LogP contribution in [-0.4, -0.2) is 20.6 Å². The molecule has 2 aromatic rings. The summed E-state index contributed by atoms with van der Waals surface area (Å²) in [7, 11) is 0. The third-order valence-corrected chi connectivity index (χ3v) is 5.42. The Hall–Kier alpha value is -1.06. The number of aliphatic hydroxyl groups is 1. The fraction of sp³-hybridized carbons (Fsp3) is 0.400. The molecule has 0 bridgehead atoms. The van der Waals surface area contributed by atoms with Gasteiger partial charge in [0.15, 0.2) is 0 Å². The van der Waals surface area contributed by atoms with Crippen molar-refractivity contribution >= 4 is 22.5 Å². The van der Waals surface area contributed by atoms with E-state index in [9.17, 15) is 5.11 Å². The van der Waals surface area contributed by atoms with Crippen LogP contribution in [-0.2, 0) is 0 Å². The smallest absolute Gasteiger partial charge is 0.0940 e. The zero-order valence-electron chi connectivity index (χ0n) is 10.5. The lowest BCUT2D eigenvalue weighted by molar-refractivity contribution is 0.136. The molecule has 18 heavy (non-hydrogen) atoms. The highest BCUT2D eigenvalue weighted by Gasteiger charge is 2.38. The van der Waals surface area contributed by atoms with Crippen molar-refractivity contribution in [2.75, 3.05) is 5.75 Å². The van der Waals surface area contributed by atoms with Gasteiger partial charge in [-0.3, -0.25) is 4.98 Å². The summed E-state index contributed by atoms with van der Waals surface area (Å²) >= 11 is 1.89. The van der Waals surface area contributed by atoms with Gasteiger partial charge in [0.2, 0.25) is 0 Å². The molecule has 3 rings (SSSR count). The molecule has 0 radical (unpaired) electrons. The number of aromatic nitrogens is 1. The molecular formula is C15H17NOS. The SMILES string of the molecule is CC1(C(O)c2cccc3ccncc23)CCCS1. The van der Waals surface area contributed by atoms with E-state index in [2.05, 4.69) is 18.0 Å². The Kier molecular flexibility index (Phi) is 3.04. The molecule has 1 aliphatic heterocycles. The summed E-state index contributed by atoms with van der Waals surface area (Å²) < 4.78 is -0.0515. The molecule has 2 nitrogen and oxygen atoms in total. The molecule has 2 unspecified atom stereocenters. The monoisotopic (exact) mass is 259 g/mol. The van der Waals surface area contributed by atoms with Crippen LogP contribution in [0.25, 0.3) is 10.8 Å². The first-order chi connectivity index (χ1) is 8.71. The number of rotatable bonds is 2. The zero-order chi connectivity index (χ0) is 12.6. The van der Waals surface area contributed by atoms with E-state index in [0.717, 1.165) is 28.5 Å². The topological polar surface area (TPSA) is 33.1 Å². The van der Waals surface area contributed by atoms with E-state index < -0.39 is 6.10 Å². The highest BCUT2D eigenvalue weighted by molar-refractivity contribution is 8.00. The number of hydrogen-bond donors (Lipinski definition) is 1. The molecule has 1 saturated heterocycles. The summed E-state index contributed by atoms with van der Waals surface area (Å²) in [4.78, 5) is 4.19. The second kappa shape index (κ2) is 4.56. The molecule has 0 saturated carbocycles. The van der Waals surface area contributed by atoms with Crippen LogP contribution in [0.15, 0.2) is 36.7 Å². The molecule has 2 atom stereocenters. The van der Waals surface area contributed by atoms with Gasteiger partial charge in [0.1, 0.15) is 0 Å². The summed E-state index contributed by atoms with van der Waals surface area (Å²) in [6, 6.07) is 8.11. The van der Waals surface area contributed by atoms with Crippen molar-refractivity contribution in [1.82, 2.24) is 4.98 Å². The number of fused-ring (bicyclic) bond motifs is 1. The maximum Gasteiger partial charge on any atom is 0.0940 e. The molecule has 1 aromatic heterocycles. The summed E-state index contributed by atoms with van der Waals surface area (Å²) in [5, 5.41) is 12.9. The Morgan fingerprint density at radius 2 is 2.28 bits per heavy atom. The van der Waals surface area contributed by atoms with E-state index in [1.165, 1.54) is 6.42 Å². The second-order valence-electron chi connectivity index (χ2n) is 5.11. The van der Waals surface area contributed by atoms with Gasteiger partial charge in [0, 0.05) is 22.5 Å². The molecular weight excluding hydrogens is 242 g/mol. The molecule has 1 N–H and O–H groups in total. The van der Waals surface area contributed by atoms with Gasteiger partial charge in [0.05, 0.1) is 6.10 Å². The van der Waals surface area contributed by atoms with Crippen LogP contribution in [0.5, 0.6) is 0 Å². The minimum atomic E-state index is -0.419. The second-order valence-corrected chi connectivity index (χ2v) is 6.74. The van der Waals surface area contributed by atoms with Gasteiger partial charge in [-0.15, -0.1) is 0 Å². The first-order valence-corrected chi connectivity index (χ1v) is 7.34. The number of nitrogens with zero attached hydrogens (tertiary/aromatic N) is 1. The summed E-state index contributed by atoms with van der Waals surface area (Å²) in [6.07, 6.45) is 5.51. The van der Waals surface area contributed by atoms with Gasteiger partial charge < -0.3 is 5.11 Å². The Bertz CT molecular complexity index is 558. The van der Waals surface area contributed by atoms with E-state index in [1.54, 1.807) is 6.20 Å².